The fourth-order valence-corrected chi connectivity index (χ4v) is 4.21. The minimum absolute atomic E-state index is 0.248. The van der Waals surface area contributed by atoms with E-state index < -0.39 is 0 Å². The number of nitrogens with zero attached hydrogens (tertiary/aromatic N) is 4. The number of nitriles is 1. The summed E-state index contributed by atoms with van der Waals surface area (Å²) < 4.78 is 0. The Bertz CT molecular complexity index is 706. The van der Waals surface area contributed by atoms with Gasteiger partial charge in [-0.15, -0.1) is 0 Å². The molecule has 2 saturated heterocycles. The van der Waals surface area contributed by atoms with Crippen LogP contribution in [0.2, 0.25) is 0 Å². The smallest absolute Gasteiger partial charge is 0.230 e. The van der Waals surface area contributed by atoms with Crippen LogP contribution in [0.15, 0.2) is 6.07 Å². The number of hydrogen-bond acceptors (Lipinski definition) is 4. The van der Waals surface area contributed by atoms with Crippen molar-refractivity contribution in [1.29, 1.82) is 5.26 Å². The van der Waals surface area contributed by atoms with Gasteiger partial charge in [-0.3, -0.25) is 4.79 Å². The number of aromatic nitrogens is 1. The van der Waals surface area contributed by atoms with Crippen LogP contribution in [0, 0.1) is 30.6 Å². The highest BCUT2D eigenvalue weighted by Gasteiger charge is 2.49. The van der Waals surface area contributed by atoms with E-state index in [0.717, 1.165) is 49.4 Å². The minimum Gasteiger partial charge on any atom is -0.354 e. The zero-order chi connectivity index (χ0) is 17.5. The first-order valence-electron chi connectivity index (χ1n) is 8.82. The molecule has 0 saturated carbocycles. The summed E-state index contributed by atoms with van der Waals surface area (Å²) in [4.78, 5) is 21.9. The lowest BCUT2D eigenvalue weighted by Gasteiger charge is -2.41. The van der Waals surface area contributed by atoms with E-state index >= 15 is 0 Å². The number of rotatable bonds is 2. The van der Waals surface area contributed by atoms with E-state index in [1.807, 2.05) is 24.8 Å². The molecule has 0 radical (unpaired) electrons. The monoisotopic (exact) mass is 326 g/mol. The number of aryl methyl sites for hydroxylation is 2. The van der Waals surface area contributed by atoms with Crippen molar-refractivity contribution in [3.8, 4) is 6.07 Å². The fraction of sp³-hybridized carbons (Fsp3) is 0.632. The Hall–Kier alpha value is -2.09. The van der Waals surface area contributed by atoms with E-state index in [4.69, 9.17) is 0 Å². The van der Waals surface area contributed by atoms with Gasteiger partial charge < -0.3 is 9.80 Å². The van der Waals surface area contributed by atoms with Crippen LogP contribution in [0.3, 0.4) is 0 Å². The van der Waals surface area contributed by atoms with E-state index in [1.54, 1.807) is 0 Å². The summed E-state index contributed by atoms with van der Waals surface area (Å²) in [5.74, 6) is 1.04. The van der Waals surface area contributed by atoms with Crippen molar-refractivity contribution in [2.75, 3.05) is 24.5 Å². The second-order valence-corrected chi connectivity index (χ2v) is 7.54. The third-order valence-electron chi connectivity index (χ3n) is 5.48. The highest BCUT2D eigenvalue weighted by Crippen LogP contribution is 2.42. The second-order valence-electron chi connectivity index (χ2n) is 7.54. The molecule has 5 heteroatoms. The molecule has 128 valence electrons. The number of anilines is 1. The number of hydrogen-bond donors (Lipinski definition) is 0. The number of carbonyl (C=O) groups is 1. The first-order valence-corrected chi connectivity index (χ1v) is 8.82. The maximum Gasteiger partial charge on any atom is 0.230 e. The van der Waals surface area contributed by atoms with Gasteiger partial charge in [0.1, 0.15) is 11.9 Å². The molecule has 1 spiro atoms. The summed E-state index contributed by atoms with van der Waals surface area (Å²) in [6.07, 6.45) is 2.86. The molecular weight excluding hydrogens is 300 g/mol. The Morgan fingerprint density at radius 2 is 2.04 bits per heavy atom. The van der Waals surface area contributed by atoms with Gasteiger partial charge in [0.15, 0.2) is 0 Å². The van der Waals surface area contributed by atoms with E-state index in [0.29, 0.717) is 12.1 Å². The lowest BCUT2D eigenvalue weighted by atomic mass is 9.78. The zero-order valence-electron chi connectivity index (χ0n) is 15.1. The molecule has 2 aliphatic rings. The summed E-state index contributed by atoms with van der Waals surface area (Å²) in [5.41, 5.74) is 2.22. The van der Waals surface area contributed by atoms with Crippen molar-refractivity contribution in [1.82, 2.24) is 9.88 Å². The minimum atomic E-state index is -0.297. The molecule has 0 aliphatic carbocycles. The molecule has 1 atom stereocenters. The Morgan fingerprint density at radius 3 is 2.71 bits per heavy atom. The average molecular weight is 326 g/mol. The SMILES string of the molecule is Cc1cc(C)c(C#N)c(N2CCC3(CCCN(C(C)C)C3=O)C2)n1. The molecule has 5 nitrogen and oxygen atoms in total. The molecule has 0 N–H and O–H groups in total. The third kappa shape index (κ3) is 2.64. The maximum atomic E-state index is 13.1. The predicted molar refractivity (Wildman–Crippen MR) is 93.8 cm³/mol. The van der Waals surface area contributed by atoms with Crippen molar-refractivity contribution in [3.05, 3.63) is 22.9 Å². The quantitative estimate of drug-likeness (QED) is 0.838. The molecule has 1 aromatic rings. The average Bonchev–Trinajstić information content (AvgIpc) is 2.94. The fourth-order valence-electron chi connectivity index (χ4n) is 4.21. The Balaban J connectivity index is 1.91. The molecule has 24 heavy (non-hydrogen) atoms. The van der Waals surface area contributed by atoms with Crippen molar-refractivity contribution < 1.29 is 4.79 Å². The number of piperidine rings is 1. The van der Waals surface area contributed by atoms with Crippen LogP contribution in [-0.2, 0) is 4.79 Å². The van der Waals surface area contributed by atoms with Gasteiger partial charge >= 0.3 is 0 Å². The van der Waals surface area contributed by atoms with Crippen LogP contribution >= 0.6 is 0 Å². The van der Waals surface area contributed by atoms with Gasteiger partial charge in [-0.05, 0) is 58.6 Å². The number of likely N-dealkylation sites (tertiary alicyclic amines) is 1. The van der Waals surface area contributed by atoms with Crippen LogP contribution in [0.5, 0.6) is 0 Å². The maximum absolute atomic E-state index is 13.1. The Labute approximate surface area is 144 Å². The zero-order valence-corrected chi connectivity index (χ0v) is 15.1. The van der Waals surface area contributed by atoms with Gasteiger partial charge in [-0.2, -0.15) is 5.26 Å². The van der Waals surface area contributed by atoms with Gasteiger partial charge in [0, 0.05) is 31.4 Å². The van der Waals surface area contributed by atoms with Crippen molar-refractivity contribution in [2.45, 2.75) is 53.0 Å². The van der Waals surface area contributed by atoms with Gasteiger partial charge in [0.2, 0.25) is 5.91 Å². The summed E-state index contributed by atoms with van der Waals surface area (Å²) in [6, 6.07) is 4.49. The third-order valence-corrected chi connectivity index (χ3v) is 5.48. The van der Waals surface area contributed by atoms with Crippen LogP contribution in [0.1, 0.15) is 49.9 Å². The normalized spacial score (nSPS) is 24.1. The number of amides is 1. The Morgan fingerprint density at radius 1 is 1.29 bits per heavy atom. The first kappa shape index (κ1) is 16.8. The Kier molecular flexibility index (Phi) is 4.25. The molecule has 3 rings (SSSR count). The van der Waals surface area contributed by atoms with E-state index in [-0.39, 0.29) is 17.4 Å². The van der Waals surface area contributed by atoms with Crippen LogP contribution in [-0.4, -0.2) is 41.5 Å². The molecule has 2 aliphatic heterocycles. The van der Waals surface area contributed by atoms with Crippen LogP contribution < -0.4 is 4.90 Å². The van der Waals surface area contributed by atoms with E-state index in [1.165, 1.54) is 0 Å². The van der Waals surface area contributed by atoms with Gasteiger partial charge in [0.25, 0.3) is 0 Å². The molecule has 0 bridgehead atoms. The number of carbonyl (C=O) groups excluding carboxylic acids is 1. The van der Waals surface area contributed by atoms with Crippen molar-refractivity contribution >= 4 is 11.7 Å². The van der Waals surface area contributed by atoms with Gasteiger partial charge in [0.05, 0.1) is 11.0 Å². The predicted octanol–water partition coefficient (Wildman–Crippen LogP) is 2.80. The molecule has 2 fully saturated rings. The van der Waals surface area contributed by atoms with Crippen LogP contribution in [0.4, 0.5) is 5.82 Å². The molecule has 3 heterocycles. The highest BCUT2D eigenvalue weighted by molar-refractivity contribution is 5.85. The van der Waals surface area contributed by atoms with Crippen molar-refractivity contribution in [2.24, 2.45) is 5.41 Å². The van der Waals surface area contributed by atoms with Gasteiger partial charge in [-0.1, -0.05) is 0 Å². The van der Waals surface area contributed by atoms with Crippen molar-refractivity contribution in [3.63, 3.8) is 0 Å². The molecule has 0 aromatic carbocycles. The standard InChI is InChI=1S/C19H26N4O/c1-13(2)23-8-5-6-19(18(23)24)7-9-22(12-19)17-16(11-20)14(3)10-15(4)21-17/h10,13H,5-9,12H2,1-4H3. The molecule has 1 unspecified atom stereocenters. The lowest BCUT2D eigenvalue weighted by Crippen LogP contribution is -2.52. The second kappa shape index (κ2) is 6.08. The lowest BCUT2D eigenvalue weighted by molar-refractivity contribution is -0.147. The van der Waals surface area contributed by atoms with E-state index in [2.05, 4.69) is 29.8 Å². The topological polar surface area (TPSA) is 60.2 Å². The first-order chi connectivity index (χ1) is 11.4. The van der Waals surface area contributed by atoms with Gasteiger partial charge in [-0.25, -0.2) is 4.98 Å². The molecular formula is C19H26N4O. The van der Waals surface area contributed by atoms with Crippen LogP contribution in [0.25, 0.3) is 0 Å². The molecule has 1 aromatic heterocycles. The summed E-state index contributed by atoms with van der Waals surface area (Å²) in [6.45, 7) is 10.4. The summed E-state index contributed by atoms with van der Waals surface area (Å²) >= 11 is 0. The molecule has 1 amide bonds. The highest BCUT2D eigenvalue weighted by atomic mass is 16.2. The largest absolute Gasteiger partial charge is 0.354 e. The van der Waals surface area contributed by atoms with E-state index in [9.17, 15) is 10.1 Å². The number of pyridine rings is 1. The summed E-state index contributed by atoms with van der Waals surface area (Å²) in [7, 11) is 0. The summed E-state index contributed by atoms with van der Waals surface area (Å²) in [5, 5.41) is 9.53.